The maximum Gasteiger partial charge on any atom is 0.263 e. The molecule has 2 saturated heterocycles. The fraction of sp³-hybridized carbons (Fsp3) is 0.414. The summed E-state index contributed by atoms with van der Waals surface area (Å²) >= 11 is 0. The lowest BCUT2D eigenvalue weighted by Gasteiger charge is -2.39. The lowest BCUT2D eigenvalue weighted by molar-refractivity contribution is 0.0635. The lowest BCUT2D eigenvalue weighted by atomic mass is 9.96. The van der Waals surface area contributed by atoms with Crippen LogP contribution in [0.5, 0.6) is 0 Å². The number of aryl methyl sites for hydroxylation is 1. The second kappa shape index (κ2) is 11.1. The van der Waals surface area contributed by atoms with E-state index < -0.39 is 0 Å². The van der Waals surface area contributed by atoms with Crippen LogP contribution in [-0.4, -0.2) is 71.1 Å². The monoisotopic (exact) mass is 485 g/mol. The molecule has 0 bridgehead atoms. The van der Waals surface area contributed by atoms with E-state index in [0.717, 1.165) is 69.1 Å². The Hall–Kier alpha value is -3.45. The summed E-state index contributed by atoms with van der Waals surface area (Å²) in [5, 5.41) is 0. The van der Waals surface area contributed by atoms with E-state index in [1.54, 1.807) is 16.8 Å². The van der Waals surface area contributed by atoms with E-state index >= 15 is 0 Å². The number of likely N-dealkylation sites (tertiary alicyclic amines) is 1. The molecule has 2 fully saturated rings. The van der Waals surface area contributed by atoms with Gasteiger partial charge < -0.3 is 14.4 Å². The first-order valence-electron chi connectivity index (χ1n) is 13.0. The van der Waals surface area contributed by atoms with Crippen LogP contribution in [0.2, 0.25) is 0 Å². The molecule has 0 spiro atoms. The Balaban J connectivity index is 1.19. The van der Waals surface area contributed by atoms with Crippen molar-refractivity contribution in [3.05, 3.63) is 94.0 Å². The highest BCUT2D eigenvalue weighted by molar-refractivity contribution is 5.93. The summed E-state index contributed by atoms with van der Waals surface area (Å²) in [5.41, 5.74) is 2.28. The van der Waals surface area contributed by atoms with Gasteiger partial charge >= 0.3 is 0 Å². The zero-order valence-electron chi connectivity index (χ0n) is 21.1. The molecule has 2 aromatic heterocycles. The molecule has 1 atom stereocenters. The summed E-state index contributed by atoms with van der Waals surface area (Å²) in [5.74, 6) is 1.34. The first-order chi connectivity index (χ1) is 17.6. The second-order valence-electron chi connectivity index (χ2n) is 10.1. The van der Waals surface area contributed by atoms with Crippen LogP contribution >= 0.6 is 0 Å². The molecule has 2 aliphatic rings. The second-order valence-corrected chi connectivity index (χ2v) is 10.1. The van der Waals surface area contributed by atoms with Crippen molar-refractivity contribution >= 4 is 11.7 Å². The molecule has 1 unspecified atom stereocenters. The van der Waals surface area contributed by atoms with Crippen LogP contribution in [0, 0.1) is 12.8 Å². The highest BCUT2D eigenvalue weighted by Crippen LogP contribution is 2.21. The van der Waals surface area contributed by atoms with E-state index in [-0.39, 0.29) is 17.0 Å². The predicted octanol–water partition coefficient (Wildman–Crippen LogP) is 3.27. The van der Waals surface area contributed by atoms with Crippen molar-refractivity contribution in [2.75, 3.05) is 50.7 Å². The Morgan fingerprint density at radius 1 is 1.00 bits per heavy atom. The summed E-state index contributed by atoms with van der Waals surface area (Å²) in [7, 11) is 0. The Morgan fingerprint density at radius 2 is 1.86 bits per heavy atom. The molecule has 7 heteroatoms. The molecule has 0 aliphatic carbocycles. The number of carbonyl (C=O) groups excluding carboxylic acids is 1. The smallest absolute Gasteiger partial charge is 0.263 e. The minimum atomic E-state index is -0.211. The number of pyridine rings is 2. The van der Waals surface area contributed by atoms with Crippen LogP contribution in [0.4, 0.5) is 5.82 Å². The number of amides is 1. The number of piperazine rings is 1. The number of aromatic nitrogens is 2. The third-order valence-electron chi connectivity index (χ3n) is 7.35. The van der Waals surface area contributed by atoms with Crippen LogP contribution in [-0.2, 0) is 6.54 Å². The van der Waals surface area contributed by atoms with Crippen LogP contribution in [0.1, 0.15) is 34.3 Å². The van der Waals surface area contributed by atoms with Crippen molar-refractivity contribution in [3.8, 4) is 0 Å². The van der Waals surface area contributed by atoms with Crippen molar-refractivity contribution in [2.24, 2.45) is 5.92 Å². The number of hydrogen-bond donors (Lipinski definition) is 0. The van der Waals surface area contributed by atoms with Gasteiger partial charge in [0.05, 0.1) is 6.54 Å². The van der Waals surface area contributed by atoms with Crippen molar-refractivity contribution < 1.29 is 4.79 Å². The summed E-state index contributed by atoms with van der Waals surface area (Å²) < 4.78 is 1.64. The Bertz CT molecular complexity index is 1230. The van der Waals surface area contributed by atoms with Gasteiger partial charge in [-0.1, -0.05) is 35.9 Å². The summed E-state index contributed by atoms with van der Waals surface area (Å²) in [6.07, 6.45) is 5.72. The van der Waals surface area contributed by atoms with Gasteiger partial charge in [-0.15, -0.1) is 0 Å². The molecule has 2 aliphatic heterocycles. The summed E-state index contributed by atoms with van der Waals surface area (Å²) in [6.45, 7) is 8.88. The number of carbonyl (C=O) groups is 1. The molecule has 4 heterocycles. The quantitative estimate of drug-likeness (QED) is 0.536. The Labute approximate surface area is 213 Å². The SMILES string of the molecule is Cc1cccc(Cn2cccc(C(=O)N3CCCC(CN4CCN(c5ccccn5)CC4)C3)c2=O)c1. The van der Waals surface area contributed by atoms with E-state index in [2.05, 4.69) is 26.9 Å². The first-order valence-corrected chi connectivity index (χ1v) is 13.0. The van der Waals surface area contributed by atoms with E-state index in [1.165, 1.54) is 0 Å². The molecular weight excluding hydrogens is 450 g/mol. The summed E-state index contributed by atoms with van der Waals surface area (Å²) in [6, 6.07) is 17.7. The van der Waals surface area contributed by atoms with Crippen LogP contribution in [0.3, 0.4) is 0 Å². The molecule has 1 aromatic carbocycles. The first kappa shape index (κ1) is 24.3. The molecule has 7 nitrogen and oxygen atoms in total. The molecule has 1 amide bonds. The molecule has 188 valence electrons. The van der Waals surface area contributed by atoms with Gasteiger partial charge in [0.25, 0.3) is 11.5 Å². The van der Waals surface area contributed by atoms with Gasteiger partial charge in [0.2, 0.25) is 0 Å². The molecule has 0 radical (unpaired) electrons. The predicted molar refractivity (Wildman–Crippen MR) is 143 cm³/mol. The zero-order chi connectivity index (χ0) is 24.9. The van der Waals surface area contributed by atoms with Crippen molar-refractivity contribution in [1.29, 1.82) is 0 Å². The number of piperidine rings is 1. The van der Waals surface area contributed by atoms with Crippen LogP contribution < -0.4 is 10.5 Å². The van der Waals surface area contributed by atoms with E-state index in [0.29, 0.717) is 19.0 Å². The Kier molecular flexibility index (Phi) is 7.47. The van der Waals surface area contributed by atoms with Gasteiger partial charge in [-0.05, 0) is 55.5 Å². The van der Waals surface area contributed by atoms with Crippen LogP contribution in [0.15, 0.2) is 71.8 Å². The third kappa shape index (κ3) is 5.68. The fourth-order valence-electron chi connectivity index (χ4n) is 5.47. The highest BCUT2D eigenvalue weighted by atomic mass is 16.2. The molecule has 36 heavy (non-hydrogen) atoms. The van der Waals surface area contributed by atoms with Gasteiger partial charge in [-0.2, -0.15) is 0 Å². The lowest BCUT2D eigenvalue weighted by Crippen LogP contribution is -2.50. The van der Waals surface area contributed by atoms with Gasteiger partial charge in [0.15, 0.2) is 0 Å². The van der Waals surface area contributed by atoms with E-state index in [4.69, 9.17) is 0 Å². The minimum Gasteiger partial charge on any atom is -0.354 e. The molecule has 0 N–H and O–H groups in total. The topological polar surface area (TPSA) is 61.7 Å². The third-order valence-corrected chi connectivity index (χ3v) is 7.35. The van der Waals surface area contributed by atoms with Gasteiger partial charge in [0, 0.05) is 58.2 Å². The molecule has 5 rings (SSSR count). The van der Waals surface area contributed by atoms with E-state index in [1.807, 2.05) is 54.4 Å². The van der Waals surface area contributed by atoms with E-state index in [9.17, 15) is 9.59 Å². The summed E-state index contributed by atoms with van der Waals surface area (Å²) in [4.78, 5) is 37.8. The average Bonchev–Trinajstić information content (AvgIpc) is 2.91. The average molecular weight is 486 g/mol. The zero-order valence-corrected chi connectivity index (χ0v) is 21.1. The van der Waals surface area contributed by atoms with Crippen molar-refractivity contribution in [2.45, 2.75) is 26.3 Å². The number of benzene rings is 1. The van der Waals surface area contributed by atoms with Crippen LogP contribution in [0.25, 0.3) is 0 Å². The number of hydrogen-bond acceptors (Lipinski definition) is 5. The minimum absolute atomic E-state index is 0.136. The molecule has 3 aromatic rings. The maximum atomic E-state index is 13.4. The number of anilines is 1. The maximum absolute atomic E-state index is 13.4. The van der Waals surface area contributed by atoms with Gasteiger partial charge in [-0.3, -0.25) is 14.5 Å². The van der Waals surface area contributed by atoms with Crippen molar-refractivity contribution in [1.82, 2.24) is 19.4 Å². The standard InChI is InChI=1S/C29H35N5O2/c1-23-7-4-8-24(19-23)21-33-14-6-10-26(28(33)35)29(36)34-13-5-9-25(22-34)20-31-15-17-32(18-16-31)27-11-2-3-12-30-27/h2-4,6-8,10-12,14,19,25H,5,9,13,15-18,20-22H2,1H3. The normalized spacial score (nSPS) is 18.9. The van der Waals surface area contributed by atoms with Gasteiger partial charge in [-0.25, -0.2) is 4.98 Å². The highest BCUT2D eigenvalue weighted by Gasteiger charge is 2.28. The molecule has 0 saturated carbocycles. The van der Waals surface area contributed by atoms with Crippen molar-refractivity contribution in [3.63, 3.8) is 0 Å². The molecular formula is C29H35N5O2. The number of rotatable bonds is 6. The van der Waals surface area contributed by atoms with Gasteiger partial charge in [0.1, 0.15) is 11.4 Å². The Morgan fingerprint density at radius 3 is 2.64 bits per heavy atom. The number of nitrogens with zero attached hydrogens (tertiary/aromatic N) is 5. The largest absolute Gasteiger partial charge is 0.354 e. The fourth-order valence-corrected chi connectivity index (χ4v) is 5.47.